The fourth-order valence-electron chi connectivity index (χ4n) is 3.11. The van der Waals surface area contributed by atoms with Crippen LogP contribution in [-0.4, -0.2) is 21.1 Å². The first kappa shape index (κ1) is 19.1. The number of hydrogen-bond acceptors (Lipinski definition) is 0. The van der Waals surface area contributed by atoms with E-state index in [2.05, 4.69) is 52.0 Å². The Balaban J connectivity index is 2.92. The van der Waals surface area contributed by atoms with Crippen molar-refractivity contribution in [2.75, 3.05) is 0 Å². The van der Waals surface area contributed by atoms with Crippen LogP contribution in [0.2, 0.25) is 3.43 Å². The molecule has 0 heterocycles. The second-order valence-electron chi connectivity index (χ2n) is 6.53. The Morgan fingerprint density at radius 1 is 0.810 bits per heavy atom. The van der Waals surface area contributed by atoms with Crippen molar-refractivity contribution < 1.29 is 0 Å². The minimum absolute atomic E-state index is 0.527. The molecule has 1 heteroatoms. The molecule has 2 radical (unpaired) electrons. The quantitative estimate of drug-likeness (QED) is 0.402. The van der Waals surface area contributed by atoms with E-state index in [1.807, 2.05) is 0 Å². The molecule has 0 aliphatic rings. The standard InChI is InChI=1S/C13H27.C7H7.Sn/c1-4-7-10-13(11-8-5-2)12-9-6-3;1-7-5-3-2-4-6-7;/h4-12H2,1-3H3;2-5H,1H3;. The van der Waals surface area contributed by atoms with Gasteiger partial charge in [0, 0.05) is 0 Å². The van der Waals surface area contributed by atoms with Crippen molar-refractivity contribution in [2.24, 2.45) is 0 Å². The minimum atomic E-state index is -0.527. The molecule has 1 aromatic rings. The van der Waals surface area contributed by atoms with E-state index in [9.17, 15) is 0 Å². The molecule has 0 spiro atoms. The molecule has 0 bridgehead atoms. The van der Waals surface area contributed by atoms with Crippen molar-refractivity contribution in [3.05, 3.63) is 29.8 Å². The van der Waals surface area contributed by atoms with Crippen molar-refractivity contribution in [2.45, 2.75) is 88.9 Å². The number of rotatable bonds is 11. The summed E-state index contributed by atoms with van der Waals surface area (Å²) in [7, 11) is 0. The third-order valence-corrected chi connectivity index (χ3v) is 10.6. The van der Waals surface area contributed by atoms with Crippen LogP contribution in [0.15, 0.2) is 24.3 Å². The summed E-state index contributed by atoms with van der Waals surface area (Å²) in [6, 6.07) is 9.21. The molecule has 0 aliphatic carbocycles. The molecule has 1 rings (SSSR count). The van der Waals surface area contributed by atoms with Crippen molar-refractivity contribution in [3.8, 4) is 0 Å². The summed E-state index contributed by atoms with van der Waals surface area (Å²) in [5, 5.41) is 0. The molecular weight excluding hydrogens is 359 g/mol. The van der Waals surface area contributed by atoms with Gasteiger partial charge in [0.25, 0.3) is 0 Å². The van der Waals surface area contributed by atoms with Crippen LogP contribution in [0.4, 0.5) is 0 Å². The Morgan fingerprint density at radius 2 is 1.29 bits per heavy atom. The van der Waals surface area contributed by atoms with Gasteiger partial charge in [-0.25, -0.2) is 0 Å². The second-order valence-corrected chi connectivity index (χ2v) is 11.8. The van der Waals surface area contributed by atoms with Gasteiger partial charge in [-0.15, -0.1) is 0 Å². The maximum absolute atomic E-state index is 2.43. The van der Waals surface area contributed by atoms with Crippen LogP contribution in [0, 0.1) is 6.92 Å². The topological polar surface area (TPSA) is 0 Å². The zero-order valence-corrected chi connectivity index (χ0v) is 17.5. The van der Waals surface area contributed by atoms with Gasteiger partial charge < -0.3 is 0 Å². The van der Waals surface area contributed by atoms with Crippen LogP contribution in [0.1, 0.15) is 84.1 Å². The number of benzene rings is 1. The summed E-state index contributed by atoms with van der Waals surface area (Å²) in [5.74, 6) is 0. The summed E-state index contributed by atoms with van der Waals surface area (Å²) in [6.45, 7) is 9.37. The van der Waals surface area contributed by atoms with Crippen molar-refractivity contribution in [1.82, 2.24) is 0 Å². The van der Waals surface area contributed by atoms with E-state index in [0.717, 1.165) is 3.43 Å². The fraction of sp³-hybridized carbons (Fsp3) is 0.700. The van der Waals surface area contributed by atoms with Gasteiger partial charge in [-0.1, -0.05) is 0 Å². The van der Waals surface area contributed by atoms with Crippen LogP contribution < -0.4 is 3.58 Å². The Morgan fingerprint density at radius 3 is 1.71 bits per heavy atom. The van der Waals surface area contributed by atoms with E-state index < -0.39 is 21.1 Å². The van der Waals surface area contributed by atoms with Gasteiger partial charge >= 0.3 is 143 Å². The predicted octanol–water partition coefficient (Wildman–Crippen LogP) is 6.05. The summed E-state index contributed by atoms with van der Waals surface area (Å²) < 4.78 is 2.47. The van der Waals surface area contributed by atoms with E-state index in [-0.39, 0.29) is 0 Å². The molecule has 21 heavy (non-hydrogen) atoms. The SMILES string of the molecule is CCCC[C](CCCC)(CCCC)[Sn][c]1ccccc1C. The van der Waals surface area contributed by atoms with Crippen LogP contribution >= 0.6 is 0 Å². The molecule has 1 aromatic carbocycles. The summed E-state index contributed by atoms with van der Waals surface area (Å²) >= 11 is -0.527. The van der Waals surface area contributed by atoms with Crippen LogP contribution in [-0.2, 0) is 0 Å². The van der Waals surface area contributed by atoms with E-state index in [0.29, 0.717) is 0 Å². The summed E-state index contributed by atoms with van der Waals surface area (Å²) in [6.07, 6.45) is 12.8. The molecule has 0 amide bonds. The molecule has 0 N–H and O–H groups in total. The van der Waals surface area contributed by atoms with Crippen molar-refractivity contribution in [1.29, 1.82) is 0 Å². The number of unbranched alkanes of at least 4 members (excludes halogenated alkanes) is 3. The van der Waals surface area contributed by atoms with Gasteiger partial charge in [-0.2, -0.15) is 0 Å². The predicted molar refractivity (Wildman–Crippen MR) is 97.8 cm³/mol. The van der Waals surface area contributed by atoms with Gasteiger partial charge in [0.05, 0.1) is 0 Å². The zero-order valence-electron chi connectivity index (χ0n) is 14.7. The van der Waals surface area contributed by atoms with Crippen LogP contribution in [0.5, 0.6) is 0 Å². The number of aryl methyl sites for hydroxylation is 1. The van der Waals surface area contributed by atoms with Crippen molar-refractivity contribution in [3.63, 3.8) is 0 Å². The van der Waals surface area contributed by atoms with E-state index in [1.54, 1.807) is 9.14 Å². The van der Waals surface area contributed by atoms with Gasteiger partial charge in [0.2, 0.25) is 0 Å². The normalized spacial score (nSPS) is 11.8. The number of hydrogen-bond donors (Lipinski definition) is 0. The van der Waals surface area contributed by atoms with E-state index >= 15 is 0 Å². The molecule has 0 unspecified atom stereocenters. The Labute approximate surface area is 143 Å². The maximum atomic E-state index is 2.43. The van der Waals surface area contributed by atoms with Crippen LogP contribution in [0.25, 0.3) is 0 Å². The molecular formula is C20H34Sn. The molecule has 0 fully saturated rings. The third kappa shape index (κ3) is 6.76. The van der Waals surface area contributed by atoms with Crippen molar-refractivity contribution >= 4 is 24.7 Å². The fourth-order valence-corrected chi connectivity index (χ4v) is 8.63. The van der Waals surface area contributed by atoms with Gasteiger partial charge in [-0.05, 0) is 0 Å². The average molecular weight is 393 g/mol. The molecule has 0 aromatic heterocycles. The molecule has 118 valence electrons. The third-order valence-electron chi connectivity index (χ3n) is 4.57. The summed E-state index contributed by atoms with van der Waals surface area (Å²) in [5.41, 5.74) is 1.55. The summed E-state index contributed by atoms with van der Waals surface area (Å²) in [4.78, 5) is 0. The molecule has 0 saturated heterocycles. The monoisotopic (exact) mass is 394 g/mol. The second kappa shape index (κ2) is 10.7. The Bertz CT molecular complexity index is 361. The van der Waals surface area contributed by atoms with Gasteiger partial charge in [0.1, 0.15) is 0 Å². The first-order valence-electron chi connectivity index (χ1n) is 9.01. The first-order chi connectivity index (χ1) is 10.2. The average Bonchev–Trinajstić information content (AvgIpc) is 2.51. The zero-order chi connectivity index (χ0) is 15.6. The van der Waals surface area contributed by atoms with E-state index in [1.165, 1.54) is 57.8 Å². The molecule has 0 atom stereocenters. The Kier molecular flexibility index (Phi) is 9.71. The molecule has 0 saturated carbocycles. The molecule has 0 nitrogen and oxygen atoms in total. The Hall–Kier alpha value is 0.0187. The van der Waals surface area contributed by atoms with E-state index in [4.69, 9.17) is 0 Å². The molecule has 0 aliphatic heterocycles. The van der Waals surface area contributed by atoms with Crippen LogP contribution in [0.3, 0.4) is 0 Å². The first-order valence-corrected chi connectivity index (χ1v) is 11.9. The van der Waals surface area contributed by atoms with Gasteiger partial charge in [0.15, 0.2) is 0 Å². The van der Waals surface area contributed by atoms with Gasteiger partial charge in [-0.3, -0.25) is 0 Å².